The van der Waals surface area contributed by atoms with Crippen molar-refractivity contribution in [2.75, 3.05) is 44.6 Å². The van der Waals surface area contributed by atoms with Crippen LogP contribution in [0.15, 0.2) is 36.4 Å². The summed E-state index contributed by atoms with van der Waals surface area (Å²) in [6, 6.07) is 10.5. The quantitative estimate of drug-likeness (QED) is 0.585. The molecule has 3 amide bonds. The van der Waals surface area contributed by atoms with Gasteiger partial charge in [0.05, 0.1) is 6.54 Å². The summed E-state index contributed by atoms with van der Waals surface area (Å²) in [6.45, 7) is 0.964. The molecule has 0 bridgehead atoms. The van der Waals surface area contributed by atoms with Crippen LogP contribution in [-0.4, -0.2) is 70.4 Å². The first-order chi connectivity index (χ1) is 16.7. The fourth-order valence-electron chi connectivity index (χ4n) is 4.02. The Labute approximate surface area is 203 Å². The number of rotatable bonds is 7. The van der Waals surface area contributed by atoms with Gasteiger partial charge < -0.3 is 19.9 Å². The van der Waals surface area contributed by atoms with Crippen molar-refractivity contribution in [1.29, 1.82) is 0 Å². The lowest BCUT2D eigenvalue weighted by Gasteiger charge is -2.31. The van der Waals surface area contributed by atoms with Crippen LogP contribution in [0.4, 0.5) is 14.9 Å². The molecular weight excluding hydrogens is 477 g/mol. The summed E-state index contributed by atoms with van der Waals surface area (Å²) in [5, 5.41) is 2.81. The molecule has 188 valence electrons. The van der Waals surface area contributed by atoms with Gasteiger partial charge in [0, 0.05) is 25.2 Å². The standard InChI is InChI=1S/C23H28FN5O5S/c1-27(2)11-9-25-23(31)28-10-8-17-12-19(34-15-16-6-4-3-5-7-16)22(21(24)18(17)13-28)29-14-20(30)26-35(29,32)33/h3-7,12H,8-11,13-15H2,1-2H3,(H,25,31)(H,26,30). The number of halogens is 1. The molecule has 2 aliphatic heterocycles. The van der Waals surface area contributed by atoms with Gasteiger partial charge in [0.1, 0.15) is 24.6 Å². The van der Waals surface area contributed by atoms with Gasteiger partial charge in [-0.1, -0.05) is 30.3 Å². The van der Waals surface area contributed by atoms with Gasteiger partial charge in [-0.3, -0.25) is 4.79 Å². The largest absolute Gasteiger partial charge is 0.487 e. The number of carbonyl (C=O) groups is 2. The van der Waals surface area contributed by atoms with Crippen LogP contribution in [0, 0.1) is 5.82 Å². The SMILES string of the molecule is CN(C)CCNC(=O)N1CCc2cc(OCc3ccccc3)c(N3CC(=O)NS3(=O)=O)c(F)c2C1. The minimum atomic E-state index is -4.28. The van der Waals surface area contributed by atoms with E-state index < -0.39 is 28.5 Å². The Kier molecular flexibility index (Phi) is 7.13. The van der Waals surface area contributed by atoms with E-state index in [4.69, 9.17) is 4.74 Å². The Balaban J connectivity index is 1.66. The molecule has 2 aromatic carbocycles. The second-order valence-electron chi connectivity index (χ2n) is 8.69. The number of fused-ring (bicyclic) bond motifs is 1. The summed E-state index contributed by atoms with van der Waals surface area (Å²) in [4.78, 5) is 27.9. The number of hydrogen-bond donors (Lipinski definition) is 2. The highest BCUT2D eigenvalue weighted by Gasteiger charge is 2.39. The Morgan fingerprint density at radius 3 is 2.63 bits per heavy atom. The van der Waals surface area contributed by atoms with Crippen molar-refractivity contribution in [3.05, 3.63) is 58.9 Å². The van der Waals surface area contributed by atoms with Gasteiger partial charge in [-0.25, -0.2) is 18.2 Å². The van der Waals surface area contributed by atoms with Gasteiger partial charge >= 0.3 is 16.2 Å². The van der Waals surface area contributed by atoms with Gasteiger partial charge in [0.2, 0.25) is 0 Å². The van der Waals surface area contributed by atoms with E-state index in [2.05, 4.69) is 5.32 Å². The summed E-state index contributed by atoms with van der Waals surface area (Å²) < 4.78 is 49.5. The van der Waals surface area contributed by atoms with Gasteiger partial charge in [-0.15, -0.1) is 0 Å². The fraction of sp³-hybridized carbons (Fsp3) is 0.391. The minimum Gasteiger partial charge on any atom is -0.487 e. The first-order valence-electron chi connectivity index (χ1n) is 11.2. The van der Waals surface area contributed by atoms with E-state index in [-0.39, 0.29) is 36.2 Å². The van der Waals surface area contributed by atoms with Crippen molar-refractivity contribution in [2.24, 2.45) is 0 Å². The van der Waals surface area contributed by atoms with Crippen LogP contribution in [0.1, 0.15) is 16.7 Å². The van der Waals surface area contributed by atoms with Crippen LogP contribution in [0.3, 0.4) is 0 Å². The fourth-order valence-corrected chi connectivity index (χ4v) is 5.18. The predicted molar refractivity (Wildman–Crippen MR) is 128 cm³/mol. The van der Waals surface area contributed by atoms with Crippen LogP contribution in [0.25, 0.3) is 0 Å². The maximum Gasteiger partial charge on any atom is 0.326 e. The molecule has 12 heteroatoms. The van der Waals surface area contributed by atoms with E-state index in [0.29, 0.717) is 35.9 Å². The zero-order chi connectivity index (χ0) is 25.2. The lowest BCUT2D eigenvalue weighted by atomic mass is 9.97. The summed E-state index contributed by atoms with van der Waals surface area (Å²) >= 11 is 0. The highest BCUT2D eigenvalue weighted by Crippen LogP contribution is 2.40. The lowest BCUT2D eigenvalue weighted by molar-refractivity contribution is -0.117. The van der Waals surface area contributed by atoms with Crippen LogP contribution < -0.4 is 19.1 Å². The molecule has 0 atom stereocenters. The molecule has 2 aliphatic rings. The highest BCUT2D eigenvalue weighted by atomic mass is 32.2. The van der Waals surface area contributed by atoms with Crippen molar-refractivity contribution in [3.63, 3.8) is 0 Å². The summed E-state index contributed by atoms with van der Waals surface area (Å²) in [5.74, 6) is -1.57. The van der Waals surface area contributed by atoms with E-state index in [1.807, 2.05) is 54.0 Å². The molecule has 35 heavy (non-hydrogen) atoms. The van der Waals surface area contributed by atoms with Gasteiger partial charge in [0.25, 0.3) is 5.91 Å². The van der Waals surface area contributed by atoms with Crippen LogP contribution >= 0.6 is 0 Å². The van der Waals surface area contributed by atoms with Crippen LogP contribution in [-0.2, 0) is 34.6 Å². The molecule has 0 saturated carbocycles. The number of amides is 3. The maximum atomic E-state index is 16.0. The molecule has 2 N–H and O–H groups in total. The third kappa shape index (κ3) is 5.49. The molecule has 1 saturated heterocycles. The smallest absolute Gasteiger partial charge is 0.326 e. The Morgan fingerprint density at radius 1 is 1.23 bits per heavy atom. The van der Waals surface area contributed by atoms with Crippen molar-refractivity contribution in [1.82, 2.24) is 19.8 Å². The molecule has 1 fully saturated rings. The summed E-state index contributed by atoms with van der Waals surface area (Å²) in [5.41, 5.74) is 1.31. The molecule has 0 aromatic heterocycles. The number of ether oxygens (including phenoxy) is 1. The number of hydrogen-bond acceptors (Lipinski definition) is 6. The second kappa shape index (κ2) is 10.1. The number of nitrogens with one attached hydrogen (secondary N) is 2. The highest BCUT2D eigenvalue weighted by molar-refractivity contribution is 7.92. The monoisotopic (exact) mass is 505 g/mol. The average Bonchev–Trinajstić information content (AvgIpc) is 3.09. The number of anilines is 1. The number of likely N-dealkylation sites (N-methyl/N-ethyl adjacent to an activating group) is 1. The Hall–Kier alpha value is -3.38. The van der Waals surface area contributed by atoms with Gasteiger partial charge in [-0.2, -0.15) is 8.42 Å². The van der Waals surface area contributed by atoms with Crippen LogP contribution in [0.2, 0.25) is 0 Å². The Bertz CT molecular complexity index is 1220. The molecule has 4 rings (SSSR count). The second-order valence-corrected chi connectivity index (χ2v) is 10.3. The number of carbonyl (C=O) groups excluding carboxylic acids is 2. The van der Waals surface area contributed by atoms with Gasteiger partial charge in [0.15, 0.2) is 5.82 Å². The molecule has 2 heterocycles. The van der Waals surface area contributed by atoms with E-state index in [9.17, 15) is 18.0 Å². The van der Waals surface area contributed by atoms with Crippen molar-refractivity contribution in [3.8, 4) is 5.75 Å². The molecule has 10 nitrogen and oxygen atoms in total. The zero-order valence-electron chi connectivity index (χ0n) is 19.6. The van der Waals surface area contributed by atoms with Crippen molar-refractivity contribution >= 4 is 27.8 Å². The Morgan fingerprint density at radius 2 is 1.97 bits per heavy atom. The molecule has 0 radical (unpaired) electrons. The molecule has 0 spiro atoms. The molecule has 0 aliphatic carbocycles. The van der Waals surface area contributed by atoms with Crippen molar-refractivity contribution < 1.29 is 27.1 Å². The zero-order valence-corrected chi connectivity index (χ0v) is 20.4. The normalized spacial score (nSPS) is 16.7. The van der Waals surface area contributed by atoms with Gasteiger partial charge in [-0.05, 0) is 37.7 Å². The minimum absolute atomic E-state index is 0.0223. The number of urea groups is 1. The third-order valence-electron chi connectivity index (χ3n) is 5.83. The third-order valence-corrected chi connectivity index (χ3v) is 7.21. The summed E-state index contributed by atoms with van der Waals surface area (Å²) in [7, 11) is -0.493. The molecule has 0 unspecified atom stereocenters. The number of nitrogens with zero attached hydrogens (tertiary/aromatic N) is 3. The molecular formula is C23H28FN5O5S. The van der Waals surface area contributed by atoms with Crippen LogP contribution in [0.5, 0.6) is 5.75 Å². The lowest BCUT2D eigenvalue weighted by Crippen LogP contribution is -2.44. The first-order valence-corrected chi connectivity index (χ1v) is 12.6. The van der Waals surface area contributed by atoms with E-state index in [1.54, 1.807) is 6.07 Å². The number of benzene rings is 2. The molecule has 2 aromatic rings. The predicted octanol–water partition coefficient (Wildman–Crippen LogP) is 1.22. The van der Waals surface area contributed by atoms with E-state index >= 15 is 4.39 Å². The van der Waals surface area contributed by atoms with Crippen molar-refractivity contribution in [2.45, 2.75) is 19.6 Å². The van der Waals surface area contributed by atoms with E-state index in [1.165, 1.54) is 4.90 Å². The topological polar surface area (TPSA) is 111 Å². The van der Waals surface area contributed by atoms with E-state index in [0.717, 1.165) is 5.56 Å². The summed E-state index contributed by atoms with van der Waals surface area (Å²) in [6.07, 6.45) is 0.374. The maximum absolute atomic E-state index is 16.0. The average molecular weight is 506 g/mol. The first kappa shape index (κ1) is 24.7.